The molecular weight excluding hydrogens is 240 g/mol. The number of para-hydroxylation sites is 1. The second kappa shape index (κ2) is 4.84. The van der Waals surface area contributed by atoms with Crippen LogP contribution < -0.4 is 10.2 Å². The lowest BCUT2D eigenvalue weighted by Gasteiger charge is -2.14. The predicted molar refractivity (Wildman–Crippen MR) is 71.8 cm³/mol. The number of carbonyl (C=O) groups excluding carboxylic acids is 1. The smallest absolute Gasteiger partial charge is 0.256 e. The zero-order valence-electron chi connectivity index (χ0n) is 8.84. The summed E-state index contributed by atoms with van der Waals surface area (Å²) in [5.74, 6) is 0.771. The molecule has 1 unspecified atom stereocenters. The lowest BCUT2D eigenvalue weighted by molar-refractivity contribution is -0.117. The number of thioether (sulfide) groups is 1. The Morgan fingerprint density at radius 1 is 1.44 bits per heavy atom. The molecule has 2 rings (SSSR count). The second-order valence-corrected chi connectivity index (χ2v) is 4.76. The zero-order chi connectivity index (χ0) is 11.5. The maximum atomic E-state index is 12.1. The summed E-state index contributed by atoms with van der Waals surface area (Å²) in [6, 6.07) is 9.28. The van der Waals surface area contributed by atoms with E-state index in [4.69, 9.17) is 12.2 Å². The highest BCUT2D eigenvalue weighted by Crippen LogP contribution is 2.20. The molecule has 1 fully saturated rings. The zero-order valence-corrected chi connectivity index (χ0v) is 10.5. The van der Waals surface area contributed by atoms with Crippen LogP contribution in [-0.2, 0) is 4.79 Å². The van der Waals surface area contributed by atoms with Crippen molar-refractivity contribution in [3.63, 3.8) is 0 Å². The van der Waals surface area contributed by atoms with E-state index in [2.05, 4.69) is 5.32 Å². The van der Waals surface area contributed by atoms with Gasteiger partial charge in [-0.2, -0.15) is 11.8 Å². The Hall–Kier alpha value is -1.07. The summed E-state index contributed by atoms with van der Waals surface area (Å²) in [6.45, 7) is 0. The molecule has 1 saturated heterocycles. The van der Waals surface area contributed by atoms with E-state index in [0.29, 0.717) is 5.11 Å². The maximum Gasteiger partial charge on any atom is 0.256 e. The Balaban J connectivity index is 2.23. The van der Waals surface area contributed by atoms with Crippen LogP contribution in [0.1, 0.15) is 0 Å². The summed E-state index contributed by atoms with van der Waals surface area (Å²) in [6.07, 6.45) is 1.98. The largest absolute Gasteiger partial charge is 0.349 e. The Labute approximate surface area is 104 Å². The van der Waals surface area contributed by atoms with Gasteiger partial charge in [0.2, 0.25) is 0 Å². The molecule has 16 heavy (non-hydrogen) atoms. The van der Waals surface area contributed by atoms with Crippen LogP contribution in [0.4, 0.5) is 5.69 Å². The van der Waals surface area contributed by atoms with Crippen molar-refractivity contribution in [2.75, 3.05) is 16.9 Å². The van der Waals surface area contributed by atoms with Crippen LogP contribution in [0.3, 0.4) is 0 Å². The first-order valence-corrected chi connectivity index (χ1v) is 6.72. The van der Waals surface area contributed by atoms with Gasteiger partial charge >= 0.3 is 0 Å². The molecule has 1 aliphatic rings. The molecule has 0 bridgehead atoms. The van der Waals surface area contributed by atoms with Crippen molar-refractivity contribution in [1.82, 2.24) is 5.32 Å². The second-order valence-electron chi connectivity index (χ2n) is 3.47. The number of carbonyl (C=O) groups is 1. The SMILES string of the molecule is CSCC1NC(=S)N(c2ccccc2)C1=O. The molecule has 1 aliphatic heterocycles. The van der Waals surface area contributed by atoms with Crippen LogP contribution in [0, 0.1) is 0 Å². The Kier molecular flexibility index (Phi) is 3.46. The number of thiocarbonyl (C=S) groups is 1. The summed E-state index contributed by atoms with van der Waals surface area (Å²) in [7, 11) is 0. The van der Waals surface area contributed by atoms with Crippen LogP contribution >= 0.6 is 24.0 Å². The average Bonchev–Trinajstić information content (AvgIpc) is 2.56. The molecule has 1 N–H and O–H groups in total. The molecule has 1 atom stereocenters. The topological polar surface area (TPSA) is 32.3 Å². The van der Waals surface area contributed by atoms with Gasteiger partial charge in [-0.25, -0.2) is 0 Å². The molecule has 3 nitrogen and oxygen atoms in total. The van der Waals surface area contributed by atoms with Gasteiger partial charge < -0.3 is 5.32 Å². The van der Waals surface area contributed by atoms with Gasteiger partial charge in [0.25, 0.3) is 5.91 Å². The standard InChI is InChI=1S/C11H12N2OS2/c1-16-7-9-10(14)13(11(15)12-9)8-5-3-2-4-6-8/h2-6,9H,7H2,1H3,(H,12,15). The van der Waals surface area contributed by atoms with Crippen molar-refractivity contribution >= 4 is 40.7 Å². The van der Waals surface area contributed by atoms with E-state index in [9.17, 15) is 4.79 Å². The van der Waals surface area contributed by atoms with Crippen LogP contribution in [0.2, 0.25) is 0 Å². The molecule has 1 heterocycles. The molecule has 0 saturated carbocycles. The first kappa shape index (κ1) is 11.4. The molecule has 0 radical (unpaired) electrons. The van der Waals surface area contributed by atoms with E-state index in [1.807, 2.05) is 36.6 Å². The summed E-state index contributed by atoms with van der Waals surface area (Å²) >= 11 is 6.81. The van der Waals surface area contributed by atoms with Crippen LogP contribution in [0.25, 0.3) is 0 Å². The van der Waals surface area contributed by atoms with E-state index < -0.39 is 0 Å². The minimum Gasteiger partial charge on any atom is -0.349 e. The number of nitrogens with one attached hydrogen (secondary N) is 1. The van der Waals surface area contributed by atoms with Gasteiger partial charge in [-0.15, -0.1) is 0 Å². The van der Waals surface area contributed by atoms with E-state index in [-0.39, 0.29) is 11.9 Å². The van der Waals surface area contributed by atoms with Gasteiger partial charge in [0.1, 0.15) is 6.04 Å². The molecule has 1 amide bonds. The fourth-order valence-electron chi connectivity index (χ4n) is 1.63. The molecule has 5 heteroatoms. The van der Waals surface area contributed by atoms with E-state index in [0.717, 1.165) is 11.4 Å². The normalized spacial score (nSPS) is 20.1. The molecule has 1 aromatic rings. The van der Waals surface area contributed by atoms with Crippen molar-refractivity contribution in [2.24, 2.45) is 0 Å². The van der Waals surface area contributed by atoms with E-state index in [1.165, 1.54) is 0 Å². The Morgan fingerprint density at radius 3 is 2.75 bits per heavy atom. The predicted octanol–water partition coefficient (Wildman–Crippen LogP) is 1.64. The molecular formula is C11H12N2OS2. The summed E-state index contributed by atoms with van der Waals surface area (Å²) in [5.41, 5.74) is 0.827. The van der Waals surface area contributed by atoms with Crippen LogP contribution in [0.15, 0.2) is 30.3 Å². The highest BCUT2D eigenvalue weighted by atomic mass is 32.2. The average molecular weight is 252 g/mol. The minimum absolute atomic E-state index is 0.0329. The molecule has 84 valence electrons. The number of amides is 1. The van der Waals surface area contributed by atoms with Gasteiger partial charge in [-0.1, -0.05) is 18.2 Å². The first-order chi connectivity index (χ1) is 7.74. The van der Waals surface area contributed by atoms with Crippen molar-refractivity contribution < 1.29 is 4.79 Å². The summed E-state index contributed by atoms with van der Waals surface area (Å²) in [5, 5.41) is 3.54. The lowest BCUT2D eigenvalue weighted by Crippen LogP contribution is -2.32. The highest BCUT2D eigenvalue weighted by molar-refractivity contribution is 7.98. The summed E-state index contributed by atoms with van der Waals surface area (Å²) < 4.78 is 0. The number of hydrogen-bond donors (Lipinski definition) is 1. The fourth-order valence-corrected chi connectivity index (χ4v) is 2.53. The van der Waals surface area contributed by atoms with Gasteiger partial charge in [-0.3, -0.25) is 9.69 Å². The van der Waals surface area contributed by atoms with Crippen molar-refractivity contribution in [1.29, 1.82) is 0 Å². The monoisotopic (exact) mass is 252 g/mol. The first-order valence-electron chi connectivity index (χ1n) is 4.92. The van der Waals surface area contributed by atoms with Gasteiger partial charge in [0.05, 0.1) is 5.69 Å². The number of rotatable bonds is 3. The summed E-state index contributed by atoms with van der Waals surface area (Å²) in [4.78, 5) is 13.6. The Bertz CT molecular complexity index is 408. The van der Waals surface area contributed by atoms with Gasteiger partial charge in [0, 0.05) is 5.75 Å². The Morgan fingerprint density at radius 2 is 2.12 bits per heavy atom. The third-order valence-electron chi connectivity index (χ3n) is 2.37. The van der Waals surface area contributed by atoms with Crippen molar-refractivity contribution in [3.05, 3.63) is 30.3 Å². The maximum absolute atomic E-state index is 12.1. The van der Waals surface area contributed by atoms with Crippen LogP contribution in [0.5, 0.6) is 0 Å². The van der Waals surface area contributed by atoms with Crippen LogP contribution in [-0.4, -0.2) is 29.1 Å². The number of anilines is 1. The fraction of sp³-hybridized carbons (Fsp3) is 0.273. The third-order valence-corrected chi connectivity index (χ3v) is 3.33. The van der Waals surface area contributed by atoms with Crippen molar-refractivity contribution in [2.45, 2.75) is 6.04 Å². The highest BCUT2D eigenvalue weighted by Gasteiger charge is 2.35. The third kappa shape index (κ3) is 2.05. The van der Waals surface area contributed by atoms with E-state index in [1.54, 1.807) is 16.7 Å². The van der Waals surface area contributed by atoms with Gasteiger partial charge in [-0.05, 0) is 30.6 Å². The molecule has 0 aliphatic carbocycles. The lowest BCUT2D eigenvalue weighted by atomic mass is 10.3. The minimum atomic E-state index is -0.192. The number of benzene rings is 1. The molecule has 0 aromatic heterocycles. The van der Waals surface area contributed by atoms with E-state index >= 15 is 0 Å². The number of nitrogens with zero attached hydrogens (tertiary/aromatic N) is 1. The van der Waals surface area contributed by atoms with Gasteiger partial charge in [0.15, 0.2) is 5.11 Å². The number of hydrogen-bond acceptors (Lipinski definition) is 3. The van der Waals surface area contributed by atoms with Crippen molar-refractivity contribution in [3.8, 4) is 0 Å². The quantitative estimate of drug-likeness (QED) is 0.829. The molecule has 1 aromatic carbocycles. The molecule has 0 spiro atoms.